The first kappa shape index (κ1) is 14.7. The van der Waals surface area contributed by atoms with Gasteiger partial charge in [-0.3, -0.25) is 4.79 Å². The van der Waals surface area contributed by atoms with Gasteiger partial charge in [-0.1, -0.05) is 0 Å². The number of carbonyl (C=O) groups excluding carboxylic acids is 1. The summed E-state index contributed by atoms with van der Waals surface area (Å²) in [6.07, 6.45) is 3.58. The van der Waals surface area contributed by atoms with Crippen molar-refractivity contribution in [3.05, 3.63) is 0 Å². The number of sulfonamides is 1. The van der Waals surface area contributed by atoms with Crippen LogP contribution in [0.3, 0.4) is 0 Å². The summed E-state index contributed by atoms with van der Waals surface area (Å²) in [5.74, 6) is -0.328. The van der Waals surface area contributed by atoms with E-state index >= 15 is 0 Å². The molecule has 0 aromatic carbocycles. The molecule has 2 unspecified atom stereocenters. The van der Waals surface area contributed by atoms with Crippen molar-refractivity contribution in [2.75, 3.05) is 26.0 Å². The number of ether oxygens (including phenoxy) is 1. The normalized spacial score (nSPS) is 28.1. The van der Waals surface area contributed by atoms with Gasteiger partial charge in [0, 0.05) is 31.6 Å². The van der Waals surface area contributed by atoms with Crippen molar-refractivity contribution < 1.29 is 17.9 Å². The fourth-order valence-corrected chi connectivity index (χ4v) is 4.35. The lowest BCUT2D eigenvalue weighted by Gasteiger charge is -2.23. The lowest BCUT2D eigenvalue weighted by atomic mass is 10.1. The number of fused-ring (bicyclic) bond motifs is 2. The summed E-state index contributed by atoms with van der Waals surface area (Å²) in [6, 6.07) is 0.767. The summed E-state index contributed by atoms with van der Waals surface area (Å²) in [5.41, 5.74) is 0. The number of nitrogens with zero attached hydrogens (tertiary/aromatic N) is 1. The van der Waals surface area contributed by atoms with E-state index in [4.69, 9.17) is 0 Å². The van der Waals surface area contributed by atoms with Crippen LogP contribution in [0.1, 0.15) is 32.1 Å². The van der Waals surface area contributed by atoms with E-state index in [1.807, 2.05) is 0 Å². The number of methoxy groups -OCH3 is 1. The van der Waals surface area contributed by atoms with E-state index in [0.717, 1.165) is 19.3 Å². The van der Waals surface area contributed by atoms with E-state index in [2.05, 4.69) is 10.1 Å². The molecule has 0 aliphatic carbocycles. The molecule has 2 saturated heterocycles. The highest BCUT2D eigenvalue weighted by Crippen LogP contribution is 2.22. The van der Waals surface area contributed by atoms with Crippen molar-refractivity contribution in [2.24, 2.45) is 0 Å². The molecule has 0 amide bonds. The molecule has 2 heterocycles. The zero-order chi connectivity index (χ0) is 13.9. The van der Waals surface area contributed by atoms with Gasteiger partial charge in [-0.05, 0) is 25.7 Å². The Morgan fingerprint density at radius 1 is 1.32 bits per heavy atom. The van der Waals surface area contributed by atoms with E-state index < -0.39 is 10.0 Å². The average molecular weight is 290 g/mol. The van der Waals surface area contributed by atoms with Gasteiger partial charge in [0.2, 0.25) is 10.0 Å². The van der Waals surface area contributed by atoms with Crippen LogP contribution in [0.2, 0.25) is 0 Å². The van der Waals surface area contributed by atoms with Crippen LogP contribution in [0.5, 0.6) is 0 Å². The molecule has 2 rings (SSSR count). The van der Waals surface area contributed by atoms with Crippen molar-refractivity contribution in [1.82, 2.24) is 9.62 Å². The van der Waals surface area contributed by atoms with Gasteiger partial charge in [0.05, 0.1) is 12.9 Å². The third-order valence-corrected chi connectivity index (χ3v) is 5.81. The molecule has 0 aromatic heterocycles. The van der Waals surface area contributed by atoms with E-state index in [-0.39, 0.29) is 18.1 Å². The quantitative estimate of drug-likeness (QED) is 0.727. The number of hydrogen-bond donors (Lipinski definition) is 1. The molecule has 2 bridgehead atoms. The number of carbonyl (C=O) groups is 1. The van der Waals surface area contributed by atoms with Gasteiger partial charge in [0.25, 0.3) is 0 Å². The molecule has 2 aliphatic rings. The molecule has 6 nitrogen and oxygen atoms in total. The van der Waals surface area contributed by atoms with Gasteiger partial charge in [-0.25, -0.2) is 12.7 Å². The van der Waals surface area contributed by atoms with E-state index in [9.17, 15) is 13.2 Å². The Bertz CT molecular complexity index is 423. The van der Waals surface area contributed by atoms with Crippen LogP contribution in [-0.2, 0) is 19.6 Å². The first-order valence-corrected chi connectivity index (χ1v) is 8.43. The second kappa shape index (κ2) is 6.19. The largest absolute Gasteiger partial charge is 0.469 e. The lowest BCUT2D eigenvalue weighted by molar-refractivity contribution is -0.140. The minimum Gasteiger partial charge on any atom is -0.469 e. The zero-order valence-electron chi connectivity index (χ0n) is 11.3. The molecule has 110 valence electrons. The first-order valence-electron chi connectivity index (χ1n) is 6.82. The van der Waals surface area contributed by atoms with Gasteiger partial charge in [-0.15, -0.1) is 0 Å². The molecule has 1 N–H and O–H groups in total. The summed E-state index contributed by atoms with van der Waals surface area (Å²) in [6.45, 7) is 1.16. The Labute approximate surface area is 114 Å². The summed E-state index contributed by atoms with van der Waals surface area (Å²) in [7, 11) is -1.93. The fourth-order valence-electron chi connectivity index (χ4n) is 2.79. The van der Waals surface area contributed by atoms with Gasteiger partial charge in [-0.2, -0.15) is 0 Å². The molecule has 2 aliphatic heterocycles. The maximum atomic E-state index is 12.2. The maximum Gasteiger partial charge on any atom is 0.305 e. The summed E-state index contributed by atoms with van der Waals surface area (Å²) >= 11 is 0. The number of nitrogens with one attached hydrogen (secondary N) is 1. The molecule has 0 radical (unpaired) electrons. The first-order chi connectivity index (χ1) is 9.01. The lowest BCUT2D eigenvalue weighted by Crippen LogP contribution is -2.40. The minimum atomic E-state index is -3.25. The molecular formula is C12H22N2O4S. The molecule has 0 saturated carbocycles. The SMILES string of the molecule is COC(=O)CCCS(=O)(=O)N1CCC2CCC(C1)N2. The van der Waals surface area contributed by atoms with E-state index in [1.165, 1.54) is 7.11 Å². The Balaban J connectivity index is 1.86. The summed E-state index contributed by atoms with van der Waals surface area (Å²) in [4.78, 5) is 11.0. The van der Waals surface area contributed by atoms with Crippen LogP contribution in [0.25, 0.3) is 0 Å². The summed E-state index contributed by atoms with van der Waals surface area (Å²) in [5, 5.41) is 3.46. The summed E-state index contributed by atoms with van der Waals surface area (Å²) < 4.78 is 30.6. The average Bonchev–Trinajstić information content (AvgIpc) is 2.67. The Morgan fingerprint density at radius 2 is 2.05 bits per heavy atom. The number of rotatable bonds is 5. The third kappa shape index (κ3) is 3.90. The smallest absolute Gasteiger partial charge is 0.305 e. The minimum absolute atomic E-state index is 0.0273. The maximum absolute atomic E-state index is 12.2. The second-order valence-electron chi connectivity index (χ2n) is 5.28. The van der Waals surface area contributed by atoms with Crippen molar-refractivity contribution in [2.45, 2.75) is 44.2 Å². The Kier molecular flexibility index (Phi) is 4.81. The highest BCUT2D eigenvalue weighted by molar-refractivity contribution is 7.89. The van der Waals surface area contributed by atoms with Crippen molar-refractivity contribution >= 4 is 16.0 Å². The van der Waals surface area contributed by atoms with Crippen molar-refractivity contribution in [3.63, 3.8) is 0 Å². The van der Waals surface area contributed by atoms with Crippen LogP contribution < -0.4 is 5.32 Å². The van der Waals surface area contributed by atoms with Gasteiger partial charge in [0.15, 0.2) is 0 Å². The Morgan fingerprint density at radius 3 is 2.79 bits per heavy atom. The van der Waals surface area contributed by atoms with E-state index in [1.54, 1.807) is 4.31 Å². The predicted octanol–water partition coefficient (Wildman–Crippen LogP) is 0.0957. The second-order valence-corrected chi connectivity index (χ2v) is 7.37. The van der Waals surface area contributed by atoms with Crippen molar-refractivity contribution in [3.8, 4) is 0 Å². The standard InChI is InChI=1S/C12H22N2O4S/c1-18-12(15)3-2-8-19(16,17)14-7-6-10-4-5-11(9-14)13-10/h10-11,13H,2-9H2,1H3. The van der Waals surface area contributed by atoms with Crippen LogP contribution in [0.15, 0.2) is 0 Å². The van der Waals surface area contributed by atoms with Gasteiger partial charge in [0.1, 0.15) is 0 Å². The zero-order valence-corrected chi connectivity index (χ0v) is 12.1. The highest BCUT2D eigenvalue weighted by atomic mass is 32.2. The number of hydrogen-bond acceptors (Lipinski definition) is 5. The topological polar surface area (TPSA) is 75.7 Å². The molecule has 0 spiro atoms. The fraction of sp³-hybridized carbons (Fsp3) is 0.917. The highest BCUT2D eigenvalue weighted by Gasteiger charge is 2.33. The molecule has 0 aromatic rings. The van der Waals surface area contributed by atoms with E-state index in [0.29, 0.717) is 31.6 Å². The van der Waals surface area contributed by atoms with Crippen LogP contribution >= 0.6 is 0 Å². The molecule has 2 atom stereocenters. The number of esters is 1. The van der Waals surface area contributed by atoms with Crippen molar-refractivity contribution in [1.29, 1.82) is 0 Å². The van der Waals surface area contributed by atoms with Crippen LogP contribution in [0, 0.1) is 0 Å². The predicted molar refractivity (Wildman–Crippen MR) is 71.2 cm³/mol. The third-order valence-electron chi connectivity index (χ3n) is 3.89. The monoisotopic (exact) mass is 290 g/mol. The van der Waals surface area contributed by atoms with Crippen LogP contribution in [-0.4, -0.2) is 56.7 Å². The molecule has 7 heteroatoms. The van der Waals surface area contributed by atoms with Crippen LogP contribution in [0.4, 0.5) is 0 Å². The molecular weight excluding hydrogens is 268 g/mol. The molecule has 2 fully saturated rings. The Hall–Kier alpha value is -0.660. The van der Waals surface area contributed by atoms with Gasteiger partial charge >= 0.3 is 5.97 Å². The van der Waals surface area contributed by atoms with Gasteiger partial charge < -0.3 is 10.1 Å². The molecule has 19 heavy (non-hydrogen) atoms.